The van der Waals surface area contributed by atoms with Gasteiger partial charge in [0.25, 0.3) is 0 Å². The first-order chi connectivity index (χ1) is 10.8. The molecule has 0 bridgehead atoms. The Labute approximate surface area is 130 Å². The molecule has 0 amide bonds. The average molecular weight is 298 g/mol. The number of fused-ring (bicyclic) bond motifs is 3. The van der Waals surface area contributed by atoms with Gasteiger partial charge < -0.3 is 15.1 Å². The monoisotopic (exact) mass is 298 g/mol. The molecule has 2 aromatic rings. The number of oxime groups is 1. The van der Waals surface area contributed by atoms with Crippen molar-refractivity contribution >= 4 is 16.6 Å². The molecule has 0 radical (unpaired) electrons. The van der Waals surface area contributed by atoms with Crippen LogP contribution < -0.4 is 4.90 Å². The van der Waals surface area contributed by atoms with Gasteiger partial charge in [0.1, 0.15) is 12.3 Å². The van der Waals surface area contributed by atoms with Crippen molar-refractivity contribution in [2.24, 2.45) is 5.16 Å². The average Bonchev–Trinajstić information content (AvgIpc) is 2.94. The molecule has 1 aliphatic carbocycles. The molecular weight excluding hydrogens is 274 g/mol. The molecule has 1 aromatic carbocycles. The summed E-state index contributed by atoms with van der Waals surface area (Å²) in [6.45, 7) is 3.76. The van der Waals surface area contributed by atoms with Gasteiger partial charge in [0, 0.05) is 16.5 Å². The molecule has 4 rings (SSSR count). The van der Waals surface area contributed by atoms with E-state index in [1.165, 1.54) is 54.4 Å². The molecular formula is C18H24N3O+. The summed E-state index contributed by atoms with van der Waals surface area (Å²) in [5, 5.41) is 14.0. The van der Waals surface area contributed by atoms with E-state index >= 15 is 0 Å². The lowest BCUT2D eigenvalue weighted by Gasteiger charge is -2.23. The Morgan fingerprint density at radius 2 is 1.95 bits per heavy atom. The lowest BCUT2D eigenvalue weighted by Crippen LogP contribution is -3.11. The van der Waals surface area contributed by atoms with Gasteiger partial charge in [-0.25, -0.2) is 0 Å². The minimum absolute atomic E-state index is 0.806. The van der Waals surface area contributed by atoms with Crippen LogP contribution in [0, 0.1) is 0 Å². The Balaban J connectivity index is 1.68. The summed E-state index contributed by atoms with van der Waals surface area (Å²) in [5.41, 5.74) is 5.79. The van der Waals surface area contributed by atoms with Crippen LogP contribution in [0.4, 0.5) is 0 Å². The van der Waals surface area contributed by atoms with Gasteiger partial charge in [-0.1, -0.05) is 11.2 Å². The number of nitrogens with one attached hydrogen (secondary N) is 2. The number of piperidine rings is 1. The van der Waals surface area contributed by atoms with Crippen LogP contribution in [0.1, 0.15) is 48.9 Å². The smallest absolute Gasteiger partial charge is 0.103 e. The zero-order valence-corrected chi connectivity index (χ0v) is 13.0. The largest absolute Gasteiger partial charge is 0.411 e. The van der Waals surface area contributed by atoms with Crippen LogP contribution in [0.2, 0.25) is 0 Å². The minimum Gasteiger partial charge on any atom is -0.411 e. The Hall–Kier alpha value is -1.81. The number of aromatic nitrogens is 1. The highest BCUT2D eigenvalue weighted by atomic mass is 16.4. The summed E-state index contributed by atoms with van der Waals surface area (Å²) in [7, 11) is 0. The number of rotatable bonds is 2. The number of quaternary nitrogens is 1. The fourth-order valence-electron chi connectivity index (χ4n) is 4.09. The van der Waals surface area contributed by atoms with E-state index in [1.807, 2.05) is 0 Å². The zero-order valence-electron chi connectivity index (χ0n) is 13.0. The predicted molar refractivity (Wildman–Crippen MR) is 87.8 cm³/mol. The number of hydrogen-bond donors (Lipinski definition) is 3. The van der Waals surface area contributed by atoms with Gasteiger partial charge in [-0.15, -0.1) is 0 Å². The highest BCUT2D eigenvalue weighted by molar-refractivity contribution is 6.06. The van der Waals surface area contributed by atoms with Crippen LogP contribution in [0.25, 0.3) is 10.9 Å². The molecule has 4 nitrogen and oxygen atoms in total. The van der Waals surface area contributed by atoms with E-state index < -0.39 is 0 Å². The van der Waals surface area contributed by atoms with Gasteiger partial charge in [0.05, 0.1) is 18.8 Å². The van der Waals surface area contributed by atoms with Crippen LogP contribution in [-0.4, -0.2) is 29.0 Å². The second kappa shape index (κ2) is 5.76. The lowest BCUT2D eigenvalue weighted by atomic mass is 9.93. The van der Waals surface area contributed by atoms with Gasteiger partial charge in [-0.2, -0.15) is 0 Å². The second-order valence-electron chi connectivity index (χ2n) is 6.75. The summed E-state index contributed by atoms with van der Waals surface area (Å²) < 4.78 is 0. The molecule has 0 unspecified atom stereocenters. The molecule has 1 aromatic heterocycles. The molecule has 116 valence electrons. The van der Waals surface area contributed by atoms with E-state index in [4.69, 9.17) is 0 Å². The quantitative estimate of drug-likeness (QED) is 0.578. The molecule has 0 atom stereocenters. The van der Waals surface area contributed by atoms with Gasteiger partial charge in [-0.3, -0.25) is 0 Å². The van der Waals surface area contributed by atoms with Crippen LogP contribution in [-0.2, 0) is 13.0 Å². The number of aromatic amines is 1. The molecule has 0 spiro atoms. The predicted octanol–water partition coefficient (Wildman–Crippen LogP) is 2.25. The van der Waals surface area contributed by atoms with E-state index in [1.54, 1.807) is 4.90 Å². The fraction of sp³-hybridized carbons (Fsp3) is 0.500. The molecule has 2 aliphatic rings. The lowest BCUT2D eigenvalue weighted by molar-refractivity contribution is -0.918. The highest BCUT2D eigenvalue weighted by Gasteiger charge is 2.21. The van der Waals surface area contributed by atoms with Crippen molar-refractivity contribution in [3.63, 3.8) is 0 Å². The maximum atomic E-state index is 9.20. The summed E-state index contributed by atoms with van der Waals surface area (Å²) in [6, 6.07) is 6.80. The Bertz CT molecular complexity index is 710. The number of aryl methyl sites for hydroxylation is 1. The maximum Gasteiger partial charge on any atom is 0.103 e. The van der Waals surface area contributed by atoms with Gasteiger partial charge in [0.2, 0.25) is 0 Å². The van der Waals surface area contributed by atoms with Crippen LogP contribution >= 0.6 is 0 Å². The standard InChI is InChI=1S/C18H23N3O/c22-20-17-6-4-5-14-15-11-13(7-8-16(15)19-18(14)17)12-21-9-2-1-3-10-21/h7-8,11,19,22H,1-6,9-10,12H2/p+1/b20-17+. The maximum absolute atomic E-state index is 9.20. The SMILES string of the molecule is O/N=C1\CCCc2c1[nH]c1ccc(C[NH+]3CCCCC3)cc21. The number of nitrogens with zero attached hydrogens (tertiary/aromatic N) is 1. The van der Waals surface area contributed by atoms with Crippen molar-refractivity contribution in [1.82, 2.24) is 4.98 Å². The topological polar surface area (TPSA) is 52.8 Å². The molecule has 1 saturated heterocycles. The fourth-order valence-corrected chi connectivity index (χ4v) is 4.09. The van der Waals surface area contributed by atoms with Crippen molar-refractivity contribution in [3.8, 4) is 0 Å². The Morgan fingerprint density at radius 3 is 2.77 bits per heavy atom. The van der Waals surface area contributed by atoms with Crippen LogP contribution in [0.5, 0.6) is 0 Å². The van der Waals surface area contributed by atoms with Gasteiger partial charge >= 0.3 is 0 Å². The molecule has 3 N–H and O–H groups in total. The molecule has 4 heteroatoms. The normalized spacial score (nSPS) is 21.4. The number of benzene rings is 1. The summed E-state index contributed by atoms with van der Waals surface area (Å²) >= 11 is 0. The zero-order chi connectivity index (χ0) is 14.9. The highest BCUT2D eigenvalue weighted by Crippen LogP contribution is 2.30. The second-order valence-corrected chi connectivity index (χ2v) is 6.75. The molecule has 2 heterocycles. The summed E-state index contributed by atoms with van der Waals surface area (Å²) in [6.07, 6.45) is 7.15. The number of hydrogen-bond acceptors (Lipinski definition) is 2. The van der Waals surface area contributed by atoms with E-state index in [9.17, 15) is 5.21 Å². The van der Waals surface area contributed by atoms with Crippen molar-refractivity contribution in [1.29, 1.82) is 0 Å². The van der Waals surface area contributed by atoms with Crippen molar-refractivity contribution in [2.75, 3.05) is 13.1 Å². The molecule has 1 aliphatic heterocycles. The molecule has 0 saturated carbocycles. The van der Waals surface area contributed by atoms with Crippen molar-refractivity contribution in [3.05, 3.63) is 35.0 Å². The summed E-state index contributed by atoms with van der Waals surface area (Å²) in [4.78, 5) is 5.17. The van der Waals surface area contributed by atoms with Crippen molar-refractivity contribution < 1.29 is 10.1 Å². The van der Waals surface area contributed by atoms with Crippen molar-refractivity contribution in [2.45, 2.75) is 45.1 Å². The Kier molecular flexibility index (Phi) is 3.62. The minimum atomic E-state index is 0.806. The first-order valence-corrected chi connectivity index (χ1v) is 8.53. The number of likely N-dealkylation sites (tertiary alicyclic amines) is 1. The van der Waals surface area contributed by atoms with E-state index in [2.05, 4.69) is 28.3 Å². The molecule has 22 heavy (non-hydrogen) atoms. The van der Waals surface area contributed by atoms with E-state index in [0.29, 0.717) is 0 Å². The first-order valence-electron chi connectivity index (χ1n) is 8.53. The third-order valence-corrected chi connectivity index (χ3v) is 5.23. The first kappa shape index (κ1) is 13.8. The Morgan fingerprint density at radius 1 is 1.09 bits per heavy atom. The van der Waals surface area contributed by atoms with Gasteiger partial charge in [0.15, 0.2) is 0 Å². The van der Waals surface area contributed by atoms with Crippen LogP contribution in [0.15, 0.2) is 23.4 Å². The molecule has 1 fully saturated rings. The third-order valence-electron chi connectivity index (χ3n) is 5.23. The summed E-state index contributed by atoms with van der Waals surface area (Å²) in [5.74, 6) is 0. The van der Waals surface area contributed by atoms with Gasteiger partial charge in [-0.05, 0) is 56.2 Å². The van der Waals surface area contributed by atoms with E-state index in [0.717, 1.165) is 37.2 Å². The third kappa shape index (κ3) is 2.41. The van der Waals surface area contributed by atoms with Crippen LogP contribution in [0.3, 0.4) is 0 Å². The van der Waals surface area contributed by atoms with E-state index in [-0.39, 0.29) is 0 Å². The number of H-pyrrole nitrogens is 1.